The number of carbonyl (C=O) groups is 1. The Kier molecular flexibility index (Phi) is 4.72. The maximum absolute atomic E-state index is 14.2. The van der Waals surface area contributed by atoms with Gasteiger partial charge in [-0.2, -0.15) is 0 Å². The molecule has 8 nitrogen and oxygen atoms in total. The molecule has 1 aliphatic carbocycles. The van der Waals surface area contributed by atoms with Crippen LogP contribution in [0, 0.1) is 5.82 Å². The third kappa shape index (κ3) is 3.30. The third-order valence-electron chi connectivity index (χ3n) is 4.96. The average molecular weight is 383 g/mol. The Morgan fingerprint density at radius 3 is 2.82 bits per heavy atom. The Morgan fingerprint density at radius 2 is 2.18 bits per heavy atom. The normalized spacial score (nSPS) is 14.9. The highest BCUT2D eigenvalue weighted by molar-refractivity contribution is 5.87. The second-order valence-corrected chi connectivity index (χ2v) is 6.65. The molecule has 1 N–H and O–H groups in total. The minimum atomic E-state index is -0.589. The van der Waals surface area contributed by atoms with Crippen molar-refractivity contribution in [3.8, 4) is 11.6 Å². The fourth-order valence-electron chi connectivity index (χ4n) is 3.27. The van der Waals surface area contributed by atoms with Crippen LogP contribution in [0.15, 0.2) is 41.1 Å². The largest absolute Gasteiger partial charge is 0.464 e. The highest BCUT2D eigenvalue weighted by atomic mass is 19.1. The van der Waals surface area contributed by atoms with Crippen LogP contribution in [-0.2, 0) is 10.2 Å². The van der Waals surface area contributed by atoms with Crippen LogP contribution in [0.1, 0.15) is 35.4 Å². The Morgan fingerprint density at radius 1 is 1.32 bits per heavy atom. The zero-order chi connectivity index (χ0) is 19.6. The highest BCUT2D eigenvalue weighted by Crippen LogP contribution is 2.43. The van der Waals surface area contributed by atoms with Gasteiger partial charge in [-0.25, -0.2) is 14.2 Å². The molecule has 3 heterocycles. The molecule has 0 aliphatic heterocycles. The quantitative estimate of drug-likeness (QED) is 0.648. The molecule has 144 valence electrons. The molecule has 0 unspecified atom stereocenters. The predicted octanol–water partition coefficient (Wildman–Crippen LogP) is 2.99. The first-order valence-electron chi connectivity index (χ1n) is 8.84. The minimum absolute atomic E-state index is 0.0609. The van der Waals surface area contributed by atoms with E-state index in [-0.39, 0.29) is 22.8 Å². The molecule has 3 aromatic rings. The van der Waals surface area contributed by atoms with Crippen LogP contribution in [0.3, 0.4) is 0 Å². The lowest BCUT2D eigenvalue weighted by molar-refractivity contribution is 0.0594. The van der Waals surface area contributed by atoms with Crippen molar-refractivity contribution in [1.29, 1.82) is 0 Å². The summed E-state index contributed by atoms with van der Waals surface area (Å²) in [6.45, 7) is 0.514. The fourth-order valence-corrected chi connectivity index (χ4v) is 3.27. The van der Waals surface area contributed by atoms with Crippen molar-refractivity contribution in [2.24, 2.45) is 0 Å². The second kappa shape index (κ2) is 7.34. The summed E-state index contributed by atoms with van der Waals surface area (Å²) in [5.41, 5.74) is 0.609. The van der Waals surface area contributed by atoms with E-state index in [1.54, 1.807) is 24.4 Å². The SMILES string of the molecule is COC(=O)c1coc(-c2ccc(NCC3(c4ncccc4F)CCC3)nn2)n1. The van der Waals surface area contributed by atoms with Gasteiger partial charge in [-0.1, -0.05) is 6.42 Å². The summed E-state index contributed by atoms with van der Waals surface area (Å²) in [4.78, 5) is 19.7. The minimum Gasteiger partial charge on any atom is -0.464 e. The number of oxazole rings is 1. The smallest absolute Gasteiger partial charge is 0.360 e. The number of pyridine rings is 1. The number of anilines is 1. The number of halogens is 1. The van der Waals surface area contributed by atoms with Gasteiger partial charge < -0.3 is 14.5 Å². The molecule has 0 aromatic carbocycles. The van der Waals surface area contributed by atoms with Crippen molar-refractivity contribution in [3.05, 3.63) is 53.9 Å². The molecule has 0 atom stereocenters. The Hall–Kier alpha value is -3.36. The molecular formula is C19H18FN5O3. The number of hydrogen-bond donors (Lipinski definition) is 1. The molecule has 1 aliphatic rings. The van der Waals surface area contributed by atoms with Gasteiger partial charge in [-0.15, -0.1) is 10.2 Å². The first-order valence-corrected chi connectivity index (χ1v) is 8.84. The van der Waals surface area contributed by atoms with Gasteiger partial charge in [0.25, 0.3) is 0 Å². The van der Waals surface area contributed by atoms with Gasteiger partial charge in [0.2, 0.25) is 5.89 Å². The molecule has 0 radical (unpaired) electrons. The summed E-state index contributed by atoms with van der Waals surface area (Å²) in [5, 5.41) is 11.4. The Labute approximate surface area is 160 Å². The number of nitrogens with one attached hydrogen (secondary N) is 1. The van der Waals surface area contributed by atoms with E-state index in [9.17, 15) is 9.18 Å². The van der Waals surface area contributed by atoms with E-state index in [0.717, 1.165) is 19.3 Å². The maximum Gasteiger partial charge on any atom is 0.360 e. The van der Waals surface area contributed by atoms with E-state index in [4.69, 9.17) is 4.42 Å². The van der Waals surface area contributed by atoms with Crippen molar-refractivity contribution in [2.45, 2.75) is 24.7 Å². The van der Waals surface area contributed by atoms with Gasteiger partial charge >= 0.3 is 5.97 Å². The summed E-state index contributed by atoms with van der Waals surface area (Å²) in [5.74, 6) is -0.152. The standard InChI is InChI=1S/C19H18FN5O3/c1-27-18(26)14-10-28-17(23-14)13-5-6-15(25-24-13)22-11-19(7-3-8-19)16-12(20)4-2-9-21-16/h2,4-6,9-10H,3,7-8,11H2,1H3,(H,22,25). The topological polar surface area (TPSA) is 103 Å². The van der Waals surface area contributed by atoms with E-state index in [2.05, 4.69) is 30.2 Å². The van der Waals surface area contributed by atoms with E-state index in [1.807, 2.05) is 0 Å². The third-order valence-corrected chi connectivity index (χ3v) is 4.96. The lowest BCUT2D eigenvalue weighted by atomic mass is 9.66. The van der Waals surface area contributed by atoms with Gasteiger partial charge in [-0.3, -0.25) is 4.98 Å². The first kappa shape index (κ1) is 18.0. The molecule has 0 saturated heterocycles. The number of methoxy groups -OCH3 is 1. The van der Waals surface area contributed by atoms with Crippen LogP contribution in [0.4, 0.5) is 10.2 Å². The van der Waals surface area contributed by atoms with Crippen molar-refractivity contribution in [1.82, 2.24) is 20.2 Å². The van der Waals surface area contributed by atoms with E-state index >= 15 is 0 Å². The van der Waals surface area contributed by atoms with E-state index in [1.165, 1.54) is 19.4 Å². The molecule has 0 spiro atoms. The molecule has 1 saturated carbocycles. The molecule has 3 aromatic heterocycles. The first-order chi connectivity index (χ1) is 13.6. The molecule has 28 heavy (non-hydrogen) atoms. The van der Waals surface area contributed by atoms with E-state index in [0.29, 0.717) is 23.8 Å². The average Bonchev–Trinajstić information content (AvgIpc) is 3.18. The van der Waals surface area contributed by atoms with Crippen LogP contribution in [-0.4, -0.2) is 39.8 Å². The van der Waals surface area contributed by atoms with Crippen LogP contribution in [0.2, 0.25) is 0 Å². The monoisotopic (exact) mass is 383 g/mol. The van der Waals surface area contributed by atoms with Gasteiger partial charge in [-0.05, 0) is 37.1 Å². The molecule has 9 heteroatoms. The number of hydrogen-bond acceptors (Lipinski definition) is 8. The molecule has 0 amide bonds. The molecule has 1 fully saturated rings. The predicted molar refractivity (Wildman–Crippen MR) is 97.1 cm³/mol. The lowest BCUT2D eigenvalue weighted by Gasteiger charge is -2.41. The maximum atomic E-state index is 14.2. The summed E-state index contributed by atoms with van der Waals surface area (Å²) >= 11 is 0. The number of nitrogens with zero attached hydrogens (tertiary/aromatic N) is 4. The summed E-state index contributed by atoms with van der Waals surface area (Å²) in [6, 6.07) is 6.44. The van der Waals surface area contributed by atoms with Crippen LogP contribution >= 0.6 is 0 Å². The zero-order valence-electron chi connectivity index (χ0n) is 15.2. The zero-order valence-corrected chi connectivity index (χ0v) is 15.2. The Bertz CT molecular complexity index is 985. The number of carbonyl (C=O) groups excluding carboxylic acids is 1. The van der Waals surface area contributed by atoms with Gasteiger partial charge in [0, 0.05) is 18.2 Å². The van der Waals surface area contributed by atoms with Crippen LogP contribution in [0.25, 0.3) is 11.6 Å². The van der Waals surface area contributed by atoms with Gasteiger partial charge in [0.1, 0.15) is 23.6 Å². The number of rotatable bonds is 6. The second-order valence-electron chi connectivity index (χ2n) is 6.65. The number of esters is 1. The number of aromatic nitrogens is 4. The summed E-state index contributed by atoms with van der Waals surface area (Å²) < 4.78 is 24.0. The molecule has 4 rings (SSSR count). The van der Waals surface area contributed by atoms with Gasteiger partial charge in [0.05, 0.1) is 12.8 Å². The lowest BCUT2D eigenvalue weighted by Crippen LogP contribution is -2.42. The van der Waals surface area contributed by atoms with Crippen molar-refractivity contribution < 1.29 is 18.3 Å². The summed E-state index contributed by atoms with van der Waals surface area (Å²) in [7, 11) is 1.27. The highest BCUT2D eigenvalue weighted by Gasteiger charge is 2.41. The van der Waals surface area contributed by atoms with Crippen LogP contribution in [0.5, 0.6) is 0 Å². The summed E-state index contributed by atoms with van der Waals surface area (Å²) in [6.07, 6.45) is 5.59. The fraction of sp³-hybridized carbons (Fsp3) is 0.316. The molecule has 0 bridgehead atoms. The van der Waals surface area contributed by atoms with Crippen molar-refractivity contribution in [2.75, 3.05) is 19.0 Å². The van der Waals surface area contributed by atoms with Crippen molar-refractivity contribution in [3.63, 3.8) is 0 Å². The van der Waals surface area contributed by atoms with Gasteiger partial charge in [0.15, 0.2) is 5.69 Å². The van der Waals surface area contributed by atoms with Crippen LogP contribution < -0.4 is 5.32 Å². The van der Waals surface area contributed by atoms with Crippen molar-refractivity contribution >= 4 is 11.8 Å². The Balaban J connectivity index is 1.46. The van der Waals surface area contributed by atoms with E-state index < -0.39 is 5.97 Å². The number of ether oxygens (including phenoxy) is 1. The molecular weight excluding hydrogens is 365 g/mol.